The van der Waals surface area contributed by atoms with Crippen LogP contribution in [-0.2, 0) is 0 Å². The number of rotatable bonds is 6. The molecule has 33 heavy (non-hydrogen) atoms. The SMILES string of the molecule is COc1cccc(F)c1-c1nc(C(=O)Nc2cnsc2OC2CCCNCC2)ccc1F.Cl. The van der Waals surface area contributed by atoms with Gasteiger partial charge in [-0.15, -0.1) is 12.4 Å². The van der Waals surface area contributed by atoms with Crippen LogP contribution in [0.1, 0.15) is 29.8 Å². The first-order chi connectivity index (χ1) is 15.6. The molecular weight excluding hydrogens is 474 g/mol. The van der Waals surface area contributed by atoms with Gasteiger partial charge < -0.3 is 20.1 Å². The van der Waals surface area contributed by atoms with Crippen molar-refractivity contribution in [1.29, 1.82) is 0 Å². The van der Waals surface area contributed by atoms with Crippen LogP contribution in [0.15, 0.2) is 36.5 Å². The maximum atomic E-state index is 14.5. The van der Waals surface area contributed by atoms with E-state index in [1.165, 1.54) is 37.6 Å². The molecular formula is C22H23ClF2N4O3S. The molecule has 2 aromatic heterocycles. The van der Waals surface area contributed by atoms with Gasteiger partial charge in [0.1, 0.15) is 40.6 Å². The van der Waals surface area contributed by atoms with Crippen LogP contribution in [0.25, 0.3) is 11.3 Å². The summed E-state index contributed by atoms with van der Waals surface area (Å²) in [7, 11) is 1.35. The van der Waals surface area contributed by atoms with E-state index in [0.717, 1.165) is 50.0 Å². The molecule has 1 aliphatic heterocycles. The molecule has 0 bridgehead atoms. The first-order valence-corrected chi connectivity index (χ1v) is 11.0. The molecule has 0 spiro atoms. The van der Waals surface area contributed by atoms with Gasteiger partial charge in [-0.1, -0.05) is 6.07 Å². The Morgan fingerprint density at radius 1 is 1.18 bits per heavy atom. The molecule has 3 heterocycles. The van der Waals surface area contributed by atoms with E-state index in [1.54, 1.807) is 0 Å². The molecule has 1 amide bonds. The van der Waals surface area contributed by atoms with Crippen LogP contribution >= 0.6 is 23.9 Å². The van der Waals surface area contributed by atoms with Gasteiger partial charge in [0.2, 0.25) is 5.06 Å². The third-order valence-electron chi connectivity index (χ3n) is 5.09. The molecule has 0 aliphatic carbocycles. The number of carbonyl (C=O) groups excluding carboxylic acids is 1. The highest BCUT2D eigenvalue weighted by Gasteiger charge is 2.22. The predicted octanol–water partition coefficient (Wildman–Crippen LogP) is 4.69. The van der Waals surface area contributed by atoms with Crippen LogP contribution in [0.2, 0.25) is 0 Å². The van der Waals surface area contributed by atoms with E-state index < -0.39 is 17.5 Å². The molecule has 1 aliphatic rings. The lowest BCUT2D eigenvalue weighted by Crippen LogP contribution is -2.20. The molecule has 1 unspecified atom stereocenters. The second-order valence-electron chi connectivity index (χ2n) is 7.25. The number of nitrogens with zero attached hydrogens (tertiary/aromatic N) is 2. The minimum Gasteiger partial charge on any atom is -0.496 e. The number of nitrogens with one attached hydrogen (secondary N) is 2. The molecule has 176 valence electrons. The zero-order valence-corrected chi connectivity index (χ0v) is 19.4. The number of pyridine rings is 1. The average Bonchev–Trinajstić information content (AvgIpc) is 3.05. The molecule has 4 rings (SSSR count). The summed E-state index contributed by atoms with van der Waals surface area (Å²) in [5.74, 6) is -1.95. The number of carbonyl (C=O) groups is 1. The van der Waals surface area contributed by atoms with E-state index in [9.17, 15) is 13.6 Å². The van der Waals surface area contributed by atoms with Crippen LogP contribution in [0.5, 0.6) is 10.8 Å². The Morgan fingerprint density at radius 2 is 2.03 bits per heavy atom. The number of halogens is 3. The Hall–Kier alpha value is -2.82. The van der Waals surface area contributed by atoms with Crippen LogP contribution in [0.4, 0.5) is 14.5 Å². The average molecular weight is 497 g/mol. The van der Waals surface area contributed by atoms with Crippen molar-refractivity contribution >= 4 is 35.5 Å². The second-order valence-corrected chi connectivity index (χ2v) is 8.01. The van der Waals surface area contributed by atoms with Crippen molar-refractivity contribution in [2.24, 2.45) is 0 Å². The van der Waals surface area contributed by atoms with Crippen molar-refractivity contribution in [2.75, 3.05) is 25.5 Å². The quantitative estimate of drug-likeness (QED) is 0.515. The summed E-state index contributed by atoms with van der Waals surface area (Å²) in [5, 5.41) is 6.54. The van der Waals surface area contributed by atoms with Crippen molar-refractivity contribution < 1.29 is 23.0 Å². The number of anilines is 1. The third kappa shape index (κ3) is 5.76. The monoisotopic (exact) mass is 496 g/mol. The van der Waals surface area contributed by atoms with Crippen LogP contribution in [0, 0.1) is 11.6 Å². The Bertz CT molecular complexity index is 1110. The van der Waals surface area contributed by atoms with E-state index in [2.05, 4.69) is 20.0 Å². The van der Waals surface area contributed by atoms with E-state index in [0.29, 0.717) is 10.8 Å². The number of amides is 1. The second kappa shape index (κ2) is 11.4. The largest absolute Gasteiger partial charge is 0.496 e. The number of hydrogen-bond acceptors (Lipinski definition) is 7. The normalized spacial score (nSPS) is 15.8. The van der Waals surface area contributed by atoms with E-state index in [1.807, 2.05) is 0 Å². The number of ether oxygens (including phenoxy) is 2. The molecule has 3 aromatic rings. The molecule has 1 atom stereocenters. The standard InChI is InChI=1S/C22H22F2N4O3S.ClH/c1-30-18-6-2-5-14(23)19(18)20-15(24)7-8-16(27-20)21(29)28-17-12-26-32-22(17)31-13-4-3-10-25-11-9-13;/h2,5-8,12-13,25H,3-4,9-11H2,1H3,(H,28,29);1H. The minimum absolute atomic E-state index is 0. The molecule has 0 radical (unpaired) electrons. The van der Waals surface area contributed by atoms with Crippen LogP contribution in [-0.4, -0.2) is 41.6 Å². The zero-order chi connectivity index (χ0) is 22.5. The van der Waals surface area contributed by atoms with Crippen molar-refractivity contribution in [1.82, 2.24) is 14.7 Å². The van der Waals surface area contributed by atoms with Gasteiger partial charge in [0, 0.05) is 11.5 Å². The summed E-state index contributed by atoms with van der Waals surface area (Å²) in [6.07, 6.45) is 4.30. The van der Waals surface area contributed by atoms with Gasteiger partial charge in [-0.25, -0.2) is 13.8 Å². The summed E-state index contributed by atoms with van der Waals surface area (Å²) >= 11 is 1.14. The first kappa shape index (κ1) is 24.8. The van der Waals surface area contributed by atoms with Crippen molar-refractivity contribution in [3.8, 4) is 22.1 Å². The fourth-order valence-electron chi connectivity index (χ4n) is 3.49. The summed E-state index contributed by atoms with van der Waals surface area (Å²) < 4.78 is 44.2. The number of methoxy groups -OCH3 is 1. The van der Waals surface area contributed by atoms with Crippen molar-refractivity contribution in [3.05, 3.63) is 53.9 Å². The van der Waals surface area contributed by atoms with Gasteiger partial charge in [-0.05, 0) is 56.6 Å². The summed E-state index contributed by atoms with van der Waals surface area (Å²) in [5.41, 5.74) is -0.125. The van der Waals surface area contributed by atoms with E-state index in [4.69, 9.17) is 9.47 Å². The van der Waals surface area contributed by atoms with Gasteiger partial charge >= 0.3 is 0 Å². The third-order valence-corrected chi connectivity index (χ3v) is 5.79. The number of hydrogen-bond donors (Lipinski definition) is 2. The fraction of sp³-hybridized carbons (Fsp3) is 0.318. The molecule has 1 aromatic carbocycles. The van der Waals surface area contributed by atoms with Gasteiger partial charge in [0.05, 0.1) is 18.9 Å². The highest BCUT2D eigenvalue weighted by atomic mass is 35.5. The summed E-state index contributed by atoms with van der Waals surface area (Å²) in [4.78, 5) is 16.9. The Morgan fingerprint density at radius 3 is 2.85 bits per heavy atom. The first-order valence-electron chi connectivity index (χ1n) is 10.2. The highest BCUT2D eigenvalue weighted by molar-refractivity contribution is 7.08. The van der Waals surface area contributed by atoms with Gasteiger partial charge in [0.15, 0.2) is 0 Å². The summed E-state index contributed by atoms with van der Waals surface area (Å²) in [6, 6.07) is 6.43. The lowest BCUT2D eigenvalue weighted by atomic mass is 10.1. The number of benzene rings is 1. The van der Waals surface area contributed by atoms with Gasteiger partial charge in [0.25, 0.3) is 5.91 Å². The Kier molecular flexibility index (Phi) is 8.54. The van der Waals surface area contributed by atoms with E-state index >= 15 is 0 Å². The smallest absolute Gasteiger partial charge is 0.274 e. The lowest BCUT2D eigenvalue weighted by Gasteiger charge is -2.16. The molecule has 11 heteroatoms. The maximum absolute atomic E-state index is 14.5. The van der Waals surface area contributed by atoms with E-state index in [-0.39, 0.29) is 41.2 Å². The van der Waals surface area contributed by atoms with Crippen LogP contribution < -0.4 is 20.1 Å². The molecule has 2 N–H and O–H groups in total. The topological polar surface area (TPSA) is 85.4 Å². The van der Waals surface area contributed by atoms with Crippen molar-refractivity contribution in [2.45, 2.75) is 25.4 Å². The molecule has 7 nitrogen and oxygen atoms in total. The maximum Gasteiger partial charge on any atom is 0.274 e. The Balaban J connectivity index is 0.00000306. The molecule has 1 saturated heterocycles. The van der Waals surface area contributed by atoms with Crippen molar-refractivity contribution in [3.63, 3.8) is 0 Å². The highest BCUT2D eigenvalue weighted by Crippen LogP contribution is 2.34. The molecule has 1 fully saturated rings. The number of aromatic nitrogens is 2. The molecule has 0 saturated carbocycles. The summed E-state index contributed by atoms with van der Waals surface area (Å²) in [6.45, 7) is 1.82. The van der Waals surface area contributed by atoms with Crippen LogP contribution in [0.3, 0.4) is 0 Å². The lowest BCUT2D eigenvalue weighted by molar-refractivity contribution is 0.102. The van der Waals surface area contributed by atoms with Gasteiger partial charge in [-0.3, -0.25) is 4.79 Å². The Labute approximate surface area is 200 Å². The minimum atomic E-state index is -0.770. The predicted molar refractivity (Wildman–Crippen MR) is 125 cm³/mol. The fourth-order valence-corrected chi connectivity index (χ4v) is 4.12. The van der Waals surface area contributed by atoms with Gasteiger partial charge in [-0.2, -0.15) is 4.37 Å². The zero-order valence-electron chi connectivity index (χ0n) is 17.8.